The molecule has 0 N–H and O–H groups in total. The first-order chi connectivity index (χ1) is 16.3. The SMILES string of the molecule is Cc1nn(-c2ccccc2)c(Cl)c1CN1CCc2nc(-c3ccc(C(F)(F)F)cc3)ncc2C1. The molecule has 2 aromatic heterocycles. The summed E-state index contributed by atoms with van der Waals surface area (Å²) in [4.78, 5) is 11.3. The molecule has 0 aliphatic carbocycles. The molecule has 5 rings (SSSR count). The molecule has 34 heavy (non-hydrogen) atoms. The van der Waals surface area contributed by atoms with Gasteiger partial charge in [0, 0.05) is 48.9 Å². The standard InChI is InChI=1S/C25H21ClF3N5/c1-16-21(23(26)34(32-16)20-5-3-2-4-6-20)15-33-12-11-22-18(14-33)13-30-24(31-22)17-7-9-19(10-8-17)25(27,28)29/h2-10,13H,11-12,14-15H2,1H3. The Kier molecular flexibility index (Phi) is 5.87. The molecule has 0 spiro atoms. The molecule has 1 aliphatic rings. The highest BCUT2D eigenvalue weighted by Gasteiger charge is 2.30. The molecule has 0 fully saturated rings. The summed E-state index contributed by atoms with van der Waals surface area (Å²) in [5, 5.41) is 5.22. The van der Waals surface area contributed by atoms with E-state index in [1.165, 1.54) is 12.1 Å². The van der Waals surface area contributed by atoms with Crippen molar-refractivity contribution in [3.8, 4) is 17.1 Å². The van der Waals surface area contributed by atoms with Crippen LogP contribution in [0, 0.1) is 6.92 Å². The minimum atomic E-state index is -4.36. The minimum Gasteiger partial charge on any atom is -0.294 e. The first-order valence-corrected chi connectivity index (χ1v) is 11.2. The molecule has 4 aromatic rings. The predicted molar refractivity (Wildman–Crippen MR) is 124 cm³/mol. The van der Waals surface area contributed by atoms with E-state index in [1.54, 1.807) is 10.9 Å². The third-order valence-electron chi connectivity index (χ3n) is 5.99. The Balaban J connectivity index is 1.32. The lowest BCUT2D eigenvalue weighted by Gasteiger charge is -2.28. The number of hydrogen-bond acceptors (Lipinski definition) is 4. The van der Waals surface area contributed by atoms with Crippen LogP contribution in [0.4, 0.5) is 13.2 Å². The van der Waals surface area contributed by atoms with Crippen LogP contribution in [0.2, 0.25) is 5.15 Å². The molecule has 5 nitrogen and oxygen atoms in total. The fraction of sp³-hybridized carbons (Fsp3) is 0.240. The first-order valence-electron chi connectivity index (χ1n) is 10.8. The quantitative estimate of drug-likeness (QED) is 0.364. The Morgan fingerprint density at radius 3 is 2.47 bits per heavy atom. The maximum absolute atomic E-state index is 12.8. The highest BCUT2D eigenvalue weighted by Crippen LogP contribution is 2.31. The van der Waals surface area contributed by atoms with Crippen LogP contribution in [0.3, 0.4) is 0 Å². The van der Waals surface area contributed by atoms with Crippen LogP contribution < -0.4 is 0 Å². The zero-order chi connectivity index (χ0) is 23.9. The van der Waals surface area contributed by atoms with E-state index in [2.05, 4.69) is 20.0 Å². The number of benzene rings is 2. The van der Waals surface area contributed by atoms with E-state index in [-0.39, 0.29) is 0 Å². The van der Waals surface area contributed by atoms with Gasteiger partial charge in [0.2, 0.25) is 0 Å². The third kappa shape index (κ3) is 4.43. The van der Waals surface area contributed by atoms with Crippen molar-refractivity contribution >= 4 is 11.6 Å². The number of hydrogen-bond donors (Lipinski definition) is 0. The number of halogens is 4. The molecule has 0 unspecified atom stereocenters. The second kappa shape index (κ2) is 8.85. The summed E-state index contributed by atoms with van der Waals surface area (Å²) in [6, 6.07) is 14.7. The average molecular weight is 484 g/mol. The summed E-state index contributed by atoms with van der Waals surface area (Å²) >= 11 is 6.69. The molecule has 3 heterocycles. The second-order valence-electron chi connectivity index (χ2n) is 8.30. The Morgan fingerprint density at radius 1 is 1.03 bits per heavy atom. The number of alkyl halides is 3. The van der Waals surface area contributed by atoms with Crippen molar-refractivity contribution in [2.75, 3.05) is 6.54 Å². The molecular formula is C25H21ClF3N5. The Hall–Kier alpha value is -3.23. The van der Waals surface area contributed by atoms with Crippen LogP contribution >= 0.6 is 11.6 Å². The largest absolute Gasteiger partial charge is 0.416 e. The highest BCUT2D eigenvalue weighted by atomic mass is 35.5. The van der Waals surface area contributed by atoms with Crippen molar-refractivity contribution in [3.63, 3.8) is 0 Å². The molecule has 0 radical (unpaired) electrons. The molecule has 0 bridgehead atoms. The second-order valence-corrected chi connectivity index (χ2v) is 8.66. The monoisotopic (exact) mass is 483 g/mol. The van der Waals surface area contributed by atoms with E-state index >= 15 is 0 Å². The molecule has 174 valence electrons. The number of aromatic nitrogens is 4. The van der Waals surface area contributed by atoms with Gasteiger partial charge in [0.1, 0.15) is 5.15 Å². The van der Waals surface area contributed by atoms with Crippen molar-refractivity contribution in [1.82, 2.24) is 24.6 Å². The zero-order valence-corrected chi connectivity index (χ0v) is 19.1. The van der Waals surface area contributed by atoms with Crippen LogP contribution in [-0.4, -0.2) is 31.2 Å². The zero-order valence-electron chi connectivity index (χ0n) is 18.3. The normalized spacial score (nSPS) is 14.3. The molecular weight excluding hydrogens is 463 g/mol. The van der Waals surface area contributed by atoms with E-state index in [0.717, 1.165) is 53.3 Å². The molecule has 1 aliphatic heterocycles. The Morgan fingerprint density at radius 2 is 1.76 bits per heavy atom. The van der Waals surface area contributed by atoms with E-state index in [1.807, 2.05) is 37.3 Å². The van der Waals surface area contributed by atoms with Crippen LogP contribution in [-0.2, 0) is 25.7 Å². The van der Waals surface area contributed by atoms with Gasteiger partial charge in [-0.2, -0.15) is 18.3 Å². The fourth-order valence-corrected chi connectivity index (χ4v) is 4.46. The van der Waals surface area contributed by atoms with Gasteiger partial charge in [0.25, 0.3) is 0 Å². The van der Waals surface area contributed by atoms with Gasteiger partial charge >= 0.3 is 6.18 Å². The van der Waals surface area contributed by atoms with Crippen LogP contribution in [0.5, 0.6) is 0 Å². The minimum absolute atomic E-state index is 0.434. The van der Waals surface area contributed by atoms with E-state index in [0.29, 0.717) is 29.6 Å². The van der Waals surface area contributed by atoms with Gasteiger partial charge in [-0.1, -0.05) is 41.9 Å². The number of rotatable bonds is 4. The highest BCUT2D eigenvalue weighted by molar-refractivity contribution is 6.30. The number of aryl methyl sites for hydroxylation is 1. The van der Waals surface area contributed by atoms with Gasteiger partial charge in [-0.15, -0.1) is 0 Å². The molecule has 2 aromatic carbocycles. The van der Waals surface area contributed by atoms with Gasteiger partial charge in [-0.3, -0.25) is 4.90 Å². The van der Waals surface area contributed by atoms with Gasteiger partial charge in [-0.05, 0) is 31.2 Å². The molecule has 9 heteroatoms. The number of fused-ring (bicyclic) bond motifs is 1. The summed E-state index contributed by atoms with van der Waals surface area (Å²) < 4.78 is 40.2. The average Bonchev–Trinajstić information content (AvgIpc) is 3.12. The van der Waals surface area contributed by atoms with E-state index in [9.17, 15) is 13.2 Å². The summed E-state index contributed by atoms with van der Waals surface area (Å²) in [5.41, 5.74) is 4.58. The first kappa shape index (κ1) is 22.6. The van der Waals surface area contributed by atoms with E-state index < -0.39 is 11.7 Å². The van der Waals surface area contributed by atoms with Crippen molar-refractivity contribution in [2.24, 2.45) is 0 Å². The molecule has 0 amide bonds. The molecule has 0 atom stereocenters. The van der Waals surface area contributed by atoms with Gasteiger partial charge in [0.05, 0.1) is 22.6 Å². The predicted octanol–water partition coefficient (Wildman–Crippen LogP) is 5.87. The summed E-state index contributed by atoms with van der Waals surface area (Å²) in [7, 11) is 0. The Labute approximate surface area is 199 Å². The number of nitrogens with zero attached hydrogens (tertiary/aromatic N) is 5. The van der Waals surface area contributed by atoms with Gasteiger partial charge < -0.3 is 0 Å². The molecule has 0 saturated heterocycles. The van der Waals surface area contributed by atoms with Gasteiger partial charge in [-0.25, -0.2) is 14.6 Å². The fourth-order valence-electron chi connectivity index (χ4n) is 4.13. The van der Waals surface area contributed by atoms with Gasteiger partial charge in [0.15, 0.2) is 5.82 Å². The Bertz CT molecular complexity index is 1320. The van der Waals surface area contributed by atoms with Crippen LogP contribution in [0.15, 0.2) is 60.8 Å². The summed E-state index contributed by atoms with van der Waals surface area (Å²) in [6.07, 6.45) is -1.88. The smallest absolute Gasteiger partial charge is 0.294 e. The topological polar surface area (TPSA) is 46.8 Å². The van der Waals surface area contributed by atoms with Crippen molar-refractivity contribution < 1.29 is 13.2 Å². The maximum Gasteiger partial charge on any atom is 0.416 e. The lowest BCUT2D eigenvalue weighted by molar-refractivity contribution is -0.137. The lowest BCUT2D eigenvalue weighted by atomic mass is 10.1. The third-order valence-corrected chi connectivity index (χ3v) is 6.38. The number of para-hydroxylation sites is 1. The maximum atomic E-state index is 12.8. The summed E-state index contributed by atoms with van der Waals surface area (Å²) in [6.45, 7) is 4.05. The van der Waals surface area contributed by atoms with E-state index in [4.69, 9.17) is 11.6 Å². The van der Waals surface area contributed by atoms with Crippen molar-refractivity contribution in [1.29, 1.82) is 0 Å². The molecule has 0 saturated carbocycles. The van der Waals surface area contributed by atoms with Crippen LogP contribution in [0.25, 0.3) is 17.1 Å². The van der Waals surface area contributed by atoms with Crippen molar-refractivity contribution in [2.45, 2.75) is 32.6 Å². The van der Waals surface area contributed by atoms with Crippen LogP contribution in [0.1, 0.15) is 28.1 Å². The summed E-state index contributed by atoms with van der Waals surface area (Å²) in [5.74, 6) is 0.434. The lowest BCUT2D eigenvalue weighted by Crippen LogP contribution is -2.31. The van der Waals surface area contributed by atoms with Crippen molar-refractivity contribution in [3.05, 3.63) is 94.0 Å².